The molecule has 0 saturated heterocycles. The van der Waals surface area contributed by atoms with Gasteiger partial charge in [0, 0.05) is 11.2 Å². The third-order valence-corrected chi connectivity index (χ3v) is 3.27. The zero-order valence-corrected chi connectivity index (χ0v) is 11.8. The Balaban J connectivity index is 1.87. The minimum Gasteiger partial charge on any atom is -0.396 e. The number of nitrogens with zero attached hydrogens (tertiary/aromatic N) is 3. The third kappa shape index (κ3) is 3.03. The Kier molecular flexibility index (Phi) is 3.58. The molecule has 0 aliphatic carbocycles. The molecule has 106 valence electrons. The molecule has 4 nitrogen and oxygen atoms in total. The number of nitrogen functional groups attached to an aromatic ring is 1. The van der Waals surface area contributed by atoms with Gasteiger partial charge in [-0.15, -0.1) is 0 Å². The lowest BCUT2D eigenvalue weighted by molar-refractivity contribution is 0.621. The van der Waals surface area contributed by atoms with Gasteiger partial charge in [0.05, 0.1) is 24.1 Å². The quantitative estimate of drug-likeness (QED) is 0.807. The SMILES string of the molecule is Nc1cn(Cc2ccc(Cl)cc2)nc1-c1ccc(F)cn1. The summed E-state index contributed by atoms with van der Waals surface area (Å²) in [7, 11) is 0. The molecule has 3 rings (SSSR count). The van der Waals surface area contributed by atoms with Crippen LogP contribution < -0.4 is 5.73 Å². The smallest absolute Gasteiger partial charge is 0.141 e. The fourth-order valence-corrected chi connectivity index (χ4v) is 2.14. The van der Waals surface area contributed by atoms with Crippen LogP contribution in [0.15, 0.2) is 48.8 Å². The van der Waals surface area contributed by atoms with E-state index < -0.39 is 5.82 Å². The number of benzene rings is 1. The average molecular weight is 303 g/mol. The summed E-state index contributed by atoms with van der Waals surface area (Å²) in [5, 5.41) is 5.09. The molecule has 0 bridgehead atoms. The van der Waals surface area contributed by atoms with Gasteiger partial charge in [0.1, 0.15) is 11.5 Å². The van der Waals surface area contributed by atoms with Crippen LogP contribution in [0.4, 0.5) is 10.1 Å². The van der Waals surface area contributed by atoms with Gasteiger partial charge in [-0.25, -0.2) is 4.39 Å². The molecule has 0 aliphatic heterocycles. The number of anilines is 1. The van der Waals surface area contributed by atoms with Crippen molar-refractivity contribution in [2.45, 2.75) is 6.54 Å². The number of halogens is 2. The molecule has 0 spiro atoms. The molecule has 0 radical (unpaired) electrons. The maximum Gasteiger partial charge on any atom is 0.141 e. The van der Waals surface area contributed by atoms with Crippen LogP contribution in [-0.4, -0.2) is 14.8 Å². The lowest BCUT2D eigenvalue weighted by Crippen LogP contribution is -2.00. The van der Waals surface area contributed by atoms with Crippen LogP contribution in [0, 0.1) is 5.82 Å². The van der Waals surface area contributed by atoms with Gasteiger partial charge in [-0.2, -0.15) is 5.10 Å². The average Bonchev–Trinajstić information content (AvgIpc) is 2.83. The van der Waals surface area contributed by atoms with E-state index in [1.54, 1.807) is 16.9 Å². The summed E-state index contributed by atoms with van der Waals surface area (Å²) in [5.41, 5.74) is 8.60. The van der Waals surface area contributed by atoms with Crippen LogP contribution in [0.2, 0.25) is 5.02 Å². The van der Waals surface area contributed by atoms with E-state index in [4.69, 9.17) is 17.3 Å². The summed E-state index contributed by atoms with van der Waals surface area (Å²) in [6.07, 6.45) is 2.88. The van der Waals surface area contributed by atoms with Crippen molar-refractivity contribution in [3.8, 4) is 11.4 Å². The van der Waals surface area contributed by atoms with Gasteiger partial charge in [0.15, 0.2) is 0 Å². The Morgan fingerprint density at radius 3 is 2.57 bits per heavy atom. The van der Waals surface area contributed by atoms with Gasteiger partial charge < -0.3 is 5.73 Å². The molecule has 6 heteroatoms. The van der Waals surface area contributed by atoms with Gasteiger partial charge in [-0.1, -0.05) is 23.7 Å². The fourth-order valence-electron chi connectivity index (χ4n) is 2.01. The molecule has 2 N–H and O–H groups in total. The van der Waals surface area contributed by atoms with Crippen LogP contribution in [0.5, 0.6) is 0 Å². The maximum absolute atomic E-state index is 12.9. The molecular weight excluding hydrogens is 291 g/mol. The second-order valence-electron chi connectivity index (χ2n) is 4.62. The minimum atomic E-state index is -0.391. The highest BCUT2D eigenvalue weighted by molar-refractivity contribution is 6.30. The minimum absolute atomic E-state index is 0.391. The van der Waals surface area contributed by atoms with E-state index in [1.165, 1.54) is 6.07 Å². The molecule has 21 heavy (non-hydrogen) atoms. The summed E-state index contributed by atoms with van der Waals surface area (Å²) >= 11 is 5.86. The van der Waals surface area contributed by atoms with Crippen molar-refractivity contribution in [2.75, 3.05) is 5.73 Å². The monoisotopic (exact) mass is 302 g/mol. The molecule has 0 unspecified atom stereocenters. The number of aromatic nitrogens is 3. The summed E-state index contributed by atoms with van der Waals surface area (Å²) in [6, 6.07) is 10.4. The number of hydrogen-bond donors (Lipinski definition) is 1. The molecule has 0 fully saturated rings. The first-order valence-corrected chi connectivity index (χ1v) is 6.69. The zero-order chi connectivity index (χ0) is 14.8. The van der Waals surface area contributed by atoms with Crippen LogP contribution in [-0.2, 0) is 6.54 Å². The van der Waals surface area contributed by atoms with Crippen molar-refractivity contribution < 1.29 is 4.39 Å². The second kappa shape index (κ2) is 5.54. The van der Waals surface area contributed by atoms with E-state index >= 15 is 0 Å². The van der Waals surface area contributed by atoms with Crippen molar-refractivity contribution >= 4 is 17.3 Å². The summed E-state index contributed by atoms with van der Waals surface area (Å²) in [6.45, 7) is 0.572. The highest BCUT2D eigenvalue weighted by Crippen LogP contribution is 2.22. The van der Waals surface area contributed by atoms with E-state index in [9.17, 15) is 4.39 Å². The summed E-state index contributed by atoms with van der Waals surface area (Å²) in [5.74, 6) is -0.391. The number of nitrogens with two attached hydrogens (primary N) is 1. The van der Waals surface area contributed by atoms with Gasteiger partial charge in [0.25, 0.3) is 0 Å². The fraction of sp³-hybridized carbons (Fsp3) is 0.0667. The van der Waals surface area contributed by atoms with Gasteiger partial charge in [0.2, 0.25) is 0 Å². The lowest BCUT2D eigenvalue weighted by atomic mass is 10.2. The zero-order valence-electron chi connectivity index (χ0n) is 11.0. The van der Waals surface area contributed by atoms with Crippen LogP contribution in [0.3, 0.4) is 0 Å². The second-order valence-corrected chi connectivity index (χ2v) is 5.06. The first kappa shape index (κ1) is 13.6. The van der Waals surface area contributed by atoms with Crippen molar-refractivity contribution in [2.24, 2.45) is 0 Å². The van der Waals surface area contributed by atoms with E-state index in [-0.39, 0.29) is 0 Å². The van der Waals surface area contributed by atoms with Crippen molar-refractivity contribution in [1.82, 2.24) is 14.8 Å². The number of hydrogen-bond acceptors (Lipinski definition) is 3. The lowest BCUT2D eigenvalue weighted by Gasteiger charge is -2.01. The normalized spacial score (nSPS) is 10.8. The molecule has 0 saturated carbocycles. The topological polar surface area (TPSA) is 56.7 Å². The van der Waals surface area contributed by atoms with Crippen molar-refractivity contribution in [3.63, 3.8) is 0 Å². The number of rotatable bonds is 3. The molecule has 2 aromatic heterocycles. The van der Waals surface area contributed by atoms with E-state index in [0.29, 0.717) is 28.6 Å². The van der Waals surface area contributed by atoms with Gasteiger partial charge >= 0.3 is 0 Å². The number of pyridine rings is 1. The molecule has 1 aromatic carbocycles. The van der Waals surface area contributed by atoms with Gasteiger partial charge in [-0.3, -0.25) is 9.67 Å². The van der Waals surface area contributed by atoms with Gasteiger partial charge in [-0.05, 0) is 29.8 Å². The molecule has 0 aliphatic rings. The maximum atomic E-state index is 12.9. The predicted molar refractivity (Wildman–Crippen MR) is 80.4 cm³/mol. The molecule has 2 heterocycles. The van der Waals surface area contributed by atoms with Crippen molar-refractivity contribution in [3.05, 3.63) is 65.2 Å². The first-order valence-electron chi connectivity index (χ1n) is 6.31. The molecular formula is C15H12ClFN4. The Hall–Kier alpha value is -2.40. The van der Waals surface area contributed by atoms with Crippen molar-refractivity contribution in [1.29, 1.82) is 0 Å². The standard InChI is InChI=1S/C15H12ClFN4/c16-11-3-1-10(2-4-11)8-21-9-13(18)15(20-21)14-6-5-12(17)7-19-14/h1-7,9H,8,18H2. The Morgan fingerprint density at radius 2 is 1.90 bits per heavy atom. The third-order valence-electron chi connectivity index (χ3n) is 3.02. The Labute approximate surface area is 126 Å². The molecule has 0 amide bonds. The first-order chi connectivity index (χ1) is 10.1. The summed E-state index contributed by atoms with van der Waals surface area (Å²) < 4.78 is 14.6. The molecule has 0 atom stereocenters. The largest absolute Gasteiger partial charge is 0.396 e. The molecule has 3 aromatic rings. The Bertz CT molecular complexity index is 750. The van der Waals surface area contributed by atoms with Crippen LogP contribution in [0.25, 0.3) is 11.4 Å². The van der Waals surface area contributed by atoms with E-state index in [0.717, 1.165) is 11.8 Å². The Morgan fingerprint density at radius 1 is 1.14 bits per heavy atom. The van der Waals surface area contributed by atoms with Crippen LogP contribution in [0.1, 0.15) is 5.56 Å². The van der Waals surface area contributed by atoms with E-state index in [2.05, 4.69) is 10.1 Å². The highest BCUT2D eigenvalue weighted by Gasteiger charge is 2.10. The predicted octanol–water partition coefficient (Wildman–Crippen LogP) is 3.37. The van der Waals surface area contributed by atoms with E-state index in [1.807, 2.05) is 24.3 Å². The highest BCUT2D eigenvalue weighted by atomic mass is 35.5. The van der Waals surface area contributed by atoms with Crippen LogP contribution >= 0.6 is 11.6 Å². The summed E-state index contributed by atoms with van der Waals surface area (Å²) in [4.78, 5) is 3.99.